The molecule has 148 valence electrons. The predicted octanol–water partition coefficient (Wildman–Crippen LogP) is 2.51. The Morgan fingerprint density at radius 1 is 0.815 bits per heavy atom. The quantitative estimate of drug-likeness (QED) is 0.657. The van der Waals surface area contributed by atoms with Gasteiger partial charge in [-0.25, -0.2) is 30.0 Å². The predicted molar refractivity (Wildman–Crippen MR) is 93.2 cm³/mol. The van der Waals surface area contributed by atoms with Crippen LogP contribution in [0.15, 0.2) is 33.4 Å². The molecule has 2 aromatic rings. The normalized spacial score (nSPS) is 17.3. The number of benzene rings is 1. The van der Waals surface area contributed by atoms with Crippen molar-refractivity contribution in [1.29, 1.82) is 0 Å². The van der Waals surface area contributed by atoms with E-state index in [9.17, 15) is 30.0 Å². The summed E-state index contributed by atoms with van der Waals surface area (Å²) in [5.41, 5.74) is 0. The van der Waals surface area contributed by atoms with Gasteiger partial charge < -0.3 is 0 Å². The van der Waals surface area contributed by atoms with E-state index in [1.807, 2.05) is 0 Å². The second kappa shape index (κ2) is 7.33. The molecule has 0 saturated carbocycles. The topological polar surface area (TPSA) is 74.8 Å². The maximum absolute atomic E-state index is 13.9. The van der Waals surface area contributed by atoms with Crippen molar-refractivity contribution in [2.75, 3.05) is 26.2 Å². The van der Waals surface area contributed by atoms with Gasteiger partial charge in [0.05, 0.1) is 4.34 Å². The highest BCUT2D eigenvalue weighted by Crippen LogP contribution is 2.30. The van der Waals surface area contributed by atoms with Gasteiger partial charge in [0.15, 0.2) is 17.5 Å². The van der Waals surface area contributed by atoms with Gasteiger partial charge >= 0.3 is 0 Å². The number of hydrogen-bond donors (Lipinski definition) is 0. The molecule has 3 rings (SSSR count). The molecule has 0 N–H and O–H groups in total. The molecule has 27 heavy (non-hydrogen) atoms. The van der Waals surface area contributed by atoms with Crippen LogP contribution in [0.2, 0.25) is 4.34 Å². The highest BCUT2D eigenvalue weighted by atomic mass is 35.5. The van der Waals surface area contributed by atoms with Gasteiger partial charge in [0.2, 0.25) is 10.0 Å². The van der Waals surface area contributed by atoms with Gasteiger partial charge in [-0.15, -0.1) is 11.3 Å². The van der Waals surface area contributed by atoms with Crippen LogP contribution >= 0.6 is 22.9 Å². The van der Waals surface area contributed by atoms with E-state index in [2.05, 4.69) is 0 Å². The molecule has 1 aromatic heterocycles. The third kappa shape index (κ3) is 3.74. The Labute approximate surface area is 162 Å². The fourth-order valence-corrected chi connectivity index (χ4v) is 7.10. The molecule has 1 aliphatic heterocycles. The molecule has 0 atom stereocenters. The Balaban J connectivity index is 1.80. The zero-order valence-electron chi connectivity index (χ0n) is 13.4. The lowest BCUT2D eigenvalue weighted by atomic mass is 10.3. The molecule has 0 bridgehead atoms. The fourth-order valence-electron chi connectivity index (χ4n) is 2.56. The summed E-state index contributed by atoms with van der Waals surface area (Å²) in [6.07, 6.45) is 0. The van der Waals surface area contributed by atoms with Crippen LogP contribution in [0.4, 0.5) is 13.2 Å². The summed E-state index contributed by atoms with van der Waals surface area (Å²) in [6, 6.07) is 3.94. The largest absolute Gasteiger partial charge is 0.252 e. The summed E-state index contributed by atoms with van der Waals surface area (Å²) in [6.45, 7) is -0.886. The van der Waals surface area contributed by atoms with E-state index >= 15 is 0 Å². The molecule has 1 saturated heterocycles. The van der Waals surface area contributed by atoms with E-state index in [0.717, 1.165) is 19.9 Å². The van der Waals surface area contributed by atoms with E-state index in [1.54, 1.807) is 0 Å². The highest BCUT2D eigenvalue weighted by molar-refractivity contribution is 7.91. The number of piperazine rings is 1. The Kier molecular flexibility index (Phi) is 5.58. The highest BCUT2D eigenvalue weighted by Gasteiger charge is 2.36. The summed E-state index contributed by atoms with van der Waals surface area (Å²) in [5.74, 6) is -5.19. The van der Waals surface area contributed by atoms with Crippen LogP contribution in [0.1, 0.15) is 0 Å². The number of nitrogens with zero attached hydrogens (tertiary/aromatic N) is 2. The van der Waals surface area contributed by atoms with Gasteiger partial charge in [0.25, 0.3) is 10.0 Å². The Hall–Kier alpha value is -1.18. The summed E-state index contributed by atoms with van der Waals surface area (Å²) < 4.78 is 92.6. The van der Waals surface area contributed by atoms with Crippen LogP contribution in [0.5, 0.6) is 0 Å². The molecule has 1 aliphatic rings. The molecular formula is C14H12ClF3N2O4S3. The number of sulfonamides is 2. The smallest absolute Gasteiger partial charge is 0.207 e. The van der Waals surface area contributed by atoms with Crippen molar-refractivity contribution in [2.24, 2.45) is 0 Å². The second-order valence-corrected chi connectivity index (χ2v) is 11.3. The minimum atomic E-state index is -4.45. The number of rotatable bonds is 4. The first-order valence-corrected chi connectivity index (χ1v) is 11.5. The van der Waals surface area contributed by atoms with Gasteiger partial charge in [-0.3, -0.25) is 0 Å². The zero-order valence-corrected chi connectivity index (χ0v) is 16.6. The van der Waals surface area contributed by atoms with Crippen LogP contribution in [-0.4, -0.2) is 51.6 Å². The number of thiophene rings is 1. The fraction of sp³-hybridized carbons (Fsp3) is 0.286. The summed E-state index contributed by atoms with van der Waals surface area (Å²) >= 11 is 6.62. The van der Waals surface area contributed by atoms with Crippen LogP contribution < -0.4 is 0 Å². The van der Waals surface area contributed by atoms with Crippen molar-refractivity contribution < 1.29 is 30.0 Å². The SMILES string of the molecule is O=S(=O)(c1ccc(Cl)s1)N1CCN(S(=O)(=O)c2ccc(F)c(F)c2F)CC1. The van der Waals surface area contributed by atoms with E-state index in [0.29, 0.717) is 16.5 Å². The molecular weight excluding hydrogens is 449 g/mol. The lowest BCUT2D eigenvalue weighted by molar-refractivity contribution is 0.272. The van der Waals surface area contributed by atoms with Crippen LogP contribution in [0.25, 0.3) is 0 Å². The Bertz CT molecular complexity index is 1080. The summed E-state index contributed by atoms with van der Waals surface area (Å²) in [5, 5.41) is 0. The average Bonchev–Trinajstić information content (AvgIpc) is 3.07. The molecule has 0 radical (unpaired) electrons. The first kappa shape index (κ1) is 20.6. The molecule has 1 fully saturated rings. The van der Waals surface area contributed by atoms with Crippen LogP contribution in [-0.2, 0) is 20.0 Å². The second-order valence-electron chi connectivity index (χ2n) is 5.54. The van der Waals surface area contributed by atoms with Crippen molar-refractivity contribution in [3.05, 3.63) is 46.1 Å². The molecule has 13 heteroatoms. The standard InChI is InChI=1S/C14H12ClF3N2O4S3/c15-11-3-4-12(25-11)27(23,24)20-7-5-19(6-8-20)26(21,22)10-2-1-9(16)13(17)14(10)18/h1-4H,5-8H2. The van der Waals surface area contributed by atoms with Crippen molar-refractivity contribution >= 4 is 43.0 Å². The molecule has 6 nitrogen and oxygen atoms in total. The van der Waals surface area contributed by atoms with E-state index in [1.165, 1.54) is 12.1 Å². The third-order valence-corrected chi connectivity index (χ3v) is 9.47. The van der Waals surface area contributed by atoms with Gasteiger partial charge in [0.1, 0.15) is 9.10 Å². The Morgan fingerprint density at radius 3 is 1.89 bits per heavy atom. The molecule has 1 aromatic carbocycles. The van der Waals surface area contributed by atoms with Crippen LogP contribution in [0.3, 0.4) is 0 Å². The summed E-state index contributed by atoms with van der Waals surface area (Å²) in [7, 11) is -8.28. The summed E-state index contributed by atoms with van der Waals surface area (Å²) in [4.78, 5) is -0.997. The maximum atomic E-state index is 13.9. The minimum absolute atomic E-state index is 0.0236. The lowest BCUT2D eigenvalue weighted by Crippen LogP contribution is -2.50. The van der Waals surface area contributed by atoms with Crippen molar-refractivity contribution in [2.45, 2.75) is 9.10 Å². The molecule has 0 unspecified atom stereocenters. The zero-order chi connectivity index (χ0) is 20.0. The van der Waals surface area contributed by atoms with Gasteiger partial charge in [-0.1, -0.05) is 11.6 Å². The molecule has 0 amide bonds. The van der Waals surface area contributed by atoms with Gasteiger partial charge in [0, 0.05) is 26.2 Å². The Morgan fingerprint density at radius 2 is 1.37 bits per heavy atom. The minimum Gasteiger partial charge on any atom is -0.207 e. The number of hydrogen-bond acceptors (Lipinski definition) is 5. The van der Waals surface area contributed by atoms with Gasteiger partial charge in [-0.2, -0.15) is 8.61 Å². The molecule has 2 heterocycles. The maximum Gasteiger partial charge on any atom is 0.252 e. The van der Waals surface area contributed by atoms with Crippen molar-refractivity contribution in [3.63, 3.8) is 0 Å². The lowest BCUT2D eigenvalue weighted by Gasteiger charge is -2.33. The average molecular weight is 461 g/mol. The van der Waals surface area contributed by atoms with Gasteiger partial charge in [-0.05, 0) is 24.3 Å². The van der Waals surface area contributed by atoms with Crippen molar-refractivity contribution in [3.8, 4) is 0 Å². The monoisotopic (exact) mass is 460 g/mol. The number of halogens is 4. The van der Waals surface area contributed by atoms with Crippen LogP contribution in [0, 0.1) is 17.5 Å². The third-order valence-electron chi connectivity index (χ3n) is 3.96. The molecule has 0 aliphatic carbocycles. The van der Waals surface area contributed by atoms with E-state index in [-0.39, 0.29) is 30.4 Å². The first-order valence-electron chi connectivity index (χ1n) is 7.44. The molecule has 0 spiro atoms. The van der Waals surface area contributed by atoms with E-state index in [4.69, 9.17) is 11.6 Å². The van der Waals surface area contributed by atoms with Crippen molar-refractivity contribution in [1.82, 2.24) is 8.61 Å². The van der Waals surface area contributed by atoms with E-state index < -0.39 is 42.4 Å². The first-order chi connectivity index (χ1) is 12.5.